The lowest BCUT2D eigenvalue weighted by molar-refractivity contribution is -0.385. The summed E-state index contributed by atoms with van der Waals surface area (Å²) in [4.78, 5) is 10.2. The number of ether oxygens (including phenoxy) is 1. The summed E-state index contributed by atoms with van der Waals surface area (Å²) >= 11 is 0. The van der Waals surface area contributed by atoms with Crippen molar-refractivity contribution >= 4 is 5.69 Å². The number of allylic oxidation sites excluding steroid dienone is 1. The second-order valence-corrected chi connectivity index (χ2v) is 3.93. The van der Waals surface area contributed by atoms with Crippen molar-refractivity contribution in [1.29, 1.82) is 0 Å². The van der Waals surface area contributed by atoms with Gasteiger partial charge >= 0.3 is 0 Å². The molecule has 0 amide bonds. The minimum absolute atomic E-state index is 0.0515. The number of nitro benzene ring substituents is 1. The zero-order valence-corrected chi connectivity index (χ0v) is 10.3. The Kier molecular flexibility index (Phi) is 5.32. The molecule has 98 valence electrons. The second-order valence-electron chi connectivity index (χ2n) is 3.93. The average molecular weight is 251 g/mol. The molecule has 0 fully saturated rings. The van der Waals surface area contributed by atoms with E-state index in [4.69, 9.17) is 4.74 Å². The van der Waals surface area contributed by atoms with E-state index in [-0.39, 0.29) is 5.69 Å². The van der Waals surface area contributed by atoms with Gasteiger partial charge in [0, 0.05) is 17.7 Å². The van der Waals surface area contributed by atoms with Gasteiger partial charge in [-0.15, -0.1) is 6.58 Å². The molecule has 1 aromatic rings. The van der Waals surface area contributed by atoms with Crippen LogP contribution >= 0.6 is 0 Å². The van der Waals surface area contributed by atoms with Crippen LogP contribution < -0.4 is 4.74 Å². The number of nitrogens with zero attached hydrogens (tertiary/aromatic N) is 1. The standard InChI is InChI=1S/C13H17NO4/c1-3-4-5-8-18-13-7-6-11(14(16)17)9-12(13)10(2)15/h3,6-7,9-10,15H,1,4-5,8H2,2H3. The summed E-state index contributed by atoms with van der Waals surface area (Å²) in [5, 5.41) is 20.3. The van der Waals surface area contributed by atoms with Crippen LogP contribution in [-0.4, -0.2) is 16.6 Å². The number of rotatable bonds is 7. The highest BCUT2D eigenvalue weighted by atomic mass is 16.6. The van der Waals surface area contributed by atoms with Crippen LogP contribution in [-0.2, 0) is 0 Å². The first-order chi connectivity index (χ1) is 8.56. The van der Waals surface area contributed by atoms with Crippen molar-refractivity contribution in [1.82, 2.24) is 0 Å². The van der Waals surface area contributed by atoms with E-state index in [1.54, 1.807) is 13.0 Å². The first kappa shape index (κ1) is 14.2. The molecule has 0 heterocycles. The minimum Gasteiger partial charge on any atom is -0.493 e. The van der Waals surface area contributed by atoms with Crippen LogP contribution in [0.15, 0.2) is 30.9 Å². The Labute approximate surface area is 106 Å². The predicted molar refractivity (Wildman–Crippen MR) is 68.7 cm³/mol. The summed E-state index contributed by atoms with van der Waals surface area (Å²) in [6.07, 6.45) is 2.66. The fourth-order valence-electron chi connectivity index (χ4n) is 1.52. The molecule has 5 heteroatoms. The number of benzene rings is 1. The molecule has 0 aliphatic rings. The normalized spacial score (nSPS) is 11.9. The zero-order valence-electron chi connectivity index (χ0n) is 10.3. The predicted octanol–water partition coefficient (Wildman–Crippen LogP) is 2.99. The molecule has 1 aromatic carbocycles. The number of non-ortho nitro benzene ring substituents is 1. The van der Waals surface area contributed by atoms with Crippen molar-refractivity contribution in [2.75, 3.05) is 6.61 Å². The van der Waals surface area contributed by atoms with E-state index < -0.39 is 11.0 Å². The van der Waals surface area contributed by atoms with Crippen LogP contribution in [0.5, 0.6) is 5.75 Å². The molecule has 0 bridgehead atoms. The van der Waals surface area contributed by atoms with Crippen molar-refractivity contribution in [3.8, 4) is 5.75 Å². The Morgan fingerprint density at radius 3 is 2.89 bits per heavy atom. The number of hydrogen-bond acceptors (Lipinski definition) is 4. The minimum atomic E-state index is -0.806. The van der Waals surface area contributed by atoms with Crippen LogP contribution in [0.2, 0.25) is 0 Å². The fourth-order valence-corrected chi connectivity index (χ4v) is 1.52. The van der Waals surface area contributed by atoms with E-state index in [2.05, 4.69) is 6.58 Å². The summed E-state index contributed by atoms with van der Waals surface area (Å²) in [6, 6.07) is 4.23. The summed E-state index contributed by atoms with van der Waals surface area (Å²) in [6.45, 7) is 5.65. The van der Waals surface area contributed by atoms with Crippen molar-refractivity contribution in [2.45, 2.75) is 25.9 Å². The molecule has 0 radical (unpaired) electrons. The van der Waals surface area contributed by atoms with Crippen molar-refractivity contribution in [3.63, 3.8) is 0 Å². The molecular formula is C13H17NO4. The smallest absolute Gasteiger partial charge is 0.270 e. The SMILES string of the molecule is C=CCCCOc1ccc([N+](=O)[O-])cc1C(C)O. The van der Waals surface area contributed by atoms with Crippen LogP contribution in [0.25, 0.3) is 0 Å². The largest absolute Gasteiger partial charge is 0.493 e. The van der Waals surface area contributed by atoms with Gasteiger partial charge < -0.3 is 9.84 Å². The Balaban J connectivity index is 2.83. The highest BCUT2D eigenvalue weighted by molar-refractivity contribution is 5.44. The lowest BCUT2D eigenvalue weighted by Gasteiger charge is -2.12. The Hall–Kier alpha value is -1.88. The van der Waals surface area contributed by atoms with Gasteiger partial charge in [-0.2, -0.15) is 0 Å². The third-order valence-corrected chi connectivity index (χ3v) is 2.46. The number of aliphatic hydroxyl groups excluding tert-OH is 1. The number of nitro groups is 1. The van der Waals surface area contributed by atoms with Gasteiger partial charge in [0.1, 0.15) is 5.75 Å². The molecule has 5 nitrogen and oxygen atoms in total. The van der Waals surface area contributed by atoms with E-state index >= 15 is 0 Å². The molecule has 0 aromatic heterocycles. The van der Waals surface area contributed by atoms with Crippen LogP contribution in [0, 0.1) is 10.1 Å². The number of unbranched alkanes of at least 4 members (excludes halogenated alkanes) is 1. The summed E-state index contributed by atoms with van der Waals surface area (Å²) in [5.74, 6) is 0.486. The van der Waals surface area contributed by atoms with Gasteiger partial charge in [0.15, 0.2) is 0 Å². The maximum atomic E-state index is 10.7. The summed E-state index contributed by atoms with van der Waals surface area (Å²) in [7, 11) is 0. The third-order valence-electron chi connectivity index (χ3n) is 2.46. The summed E-state index contributed by atoms with van der Waals surface area (Å²) < 4.78 is 5.50. The number of aliphatic hydroxyl groups is 1. The van der Waals surface area contributed by atoms with E-state index in [1.807, 2.05) is 0 Å². The maximum absolute atomic E-state index is 10.7. The van der Waals surface area contributed by atoms with Crippen LogP contribution in [0.1, 0.15) is 31.4 Å². The molecule has 1 N–H and O–H groups in total. The molecule has 0 aliphatic heterocycles. The Bertz CT molecular complexity index is 429. The van der Waals surface area contributed by atoms with E-state index in [0.29, 0.717) is 17.9 Å². The molecule has 1 unspecified atom stereocenters. The van der Waals surface area contributed by atoms with Gasteiger partial charge in [0.2, 0.25) is 0 Å². The Morgan fingerprint density at radius 1 is 1.61 bits per heavy atom. The van der Waals surface area contributed by atoms with Gasteiger partial charge in [-0.3, -0.25) is 10.1 Å². The molecular weight excluding hydrogens is 234 g/mol. The second kappa shape index (κ2) is 6.76. The quantitative estimate of drug-likeness (QED) is 0.350. The van der Waals surface area contributed by atoms with Crippen molar-refractivity contribution in [2.24, 2.45) is 0 Å². The topological polar surface area (TPSA) is 72.6 Å². The van der Waals surface area contributed by atoms with E-state index in [1.165, 1.54) is 18.2 Å². The van der Waals surface area contributed by atoms with E-state index in [9.17, 15) is 15.2 Å². The molecule has 0 saturated heterocycles. The van der Waals surface area contributed by atoms with Gasteiger partial charge in [0.25, 0.3) is 5.69 Å². The number of hydrogen-bond donors (Lipinski definition) is 1. The van der Waals surface area contributed by atoms with Crippen LogP contribution in [0.3, 0.4) is 0 Å². The average Bonchev–Trinajstić information content (AvgIpc) is 2.34. The van der Waals surface area contributed by atoms with Crippen molar-refractivity contribution in [3.05, 3.63) is 46.5 Å². The highest BCUT2D eigenvalue weighted by Gasteiger charge is 2.15. The first-order valence-electron chi connectivity index (χ1n) is 5.76. The van der Waals surface area contributed by atoms with Crippen molar-refractivity contribution < 1.29 is 14.8 Å². The van der Waals surface area contributed by atoms with Crippen LogP contribution in [0.4, 0.5) is 5.69 Å². The monoisotopic (exact) mass is 251 g/mol. The van der Waals surface area contributed by atoms with Gasteiger partial charge in [-0.1, -0.05) is 6.08 Å². The molecule has 1 rings (SSSR count). The first-order valence-corrected chi connectivity index (χ1v) is 5.76. The Morgan fingerprint density at radius 2 is 2.33 bits per heavy atom. The molecule has 18 heavy (non-hydrogen) atoms. The third kappa shape index (κ3) is 3.85. The molecule has 0 saturated carbocycles. The summed E-state index contributed by atoms with van der Waals surface area (Å²) in [5.41, 5.74) is 0.382. The fraction of sp³-hybridized carbons (Fsp3) is 0.385. The highest BCUT2D eigenvalue weighted by Crippen LogP contribution is 2.29. The molecule has 0 aliphatic carbocycles. The molecule has 1 atom stereocenters. The van der Waals surface area contributed by atoms with Gasteiger partial charge in [-0.05, 0) is 25.8 Å². The van der Waals surface area contributed by atoms with Gasteiger partial charge in [-0.25, -0.2) is 0 Å². The van der Waals surface area contributed by atoms with Gasteiger partial charge in [0.05, 0.1) is 17.6 Å². The maximum Gasteiger partial charge on any atom is 0.270 e. The zero-order chi connectivity index (χ0) is 13.5. The lowest BCUT2D eigenvalue weighted by atomic mass is 10.1. The molecule has 0 spiro atoms. The van der Waals surface area contributed by atoms with E-state index in [0.717, 1.165) is 12.8 Å². The lowest BCUT2D eigenvalue weighted by Crippen LogP contribution is -2.03.